The van der Waals surface area contributed by atoms with E-state index in [1.54, 1.807) is 6.20 Å². The molecule has 1 amide bonds. The van der Waals surface area contributed by atoms with Gasteiger partial charge in [0.05, 0.1) is 5.56 Å². The molecule has 6 nitrogen and oxygen atoms in total. The van der Waals surface area contributed by atoms with Crippen LogP contribution in [0.5, 0.6) is 0 Å². The predicted molar refractivity (Wildman–Crippen MR) is 92.0 cm³/mol. The molecular weight excluding hydrogens is 302 g/mol. The fourth-order valence-corrected chi connectivity index (χ4v) is 3.92. The number of piperazine rings is 1. The van der Waals surface area contributed by atoms with E-state index in [1.165, 1.54) is 18.5 Å². The summed E-state index contributed by atoms with van der Waals surface area (Å²) in [7, 11) is 1.98. The zero-order valence-corrected chi connectivity index (χ0v) is 14.6. The summed E-state index contributed by atoms with van der Waals surface area (Å²) in [4.78, 5) is 19.8. The number of rotatable bonds is 3. The molecule has 128 valence electrons. The highest BCUT2D eigenvalue weighted by molar-refractivity contribution is 5.96. The van der Waals surface area contributed by atoms with E-state index in [-0.39, 0.29) is 11.9 Å². The summed E-state index contributed by atoms with van der Waals surface area (Å²) < 4.78 is 4.34. The molecule has 0 radical (unpaired) electrons. The Bertz CT molecular complexity index is 770. The highest BCUT2D eigenvalue weighted by Gasteiger charge is 2.34. The summed E-state index contributed by atoms with van der Waals surface area (Å²) in [5.74, 6) is 1.07. The van der Waals surface area contributed by atoms with E-state index in [1.807, 2.05) is 22.7 Å². The average molecular weight is 327 g/mol. The van der Waals surface area contributed by atoms with E-state index in [9.17, 15) is 4.79 Å². The number of aromatic nitrogens is 3. The molecule has 2 aromatic heterocycles. The van der Waals surface area contributed by atoms with Crippen molar-refractivity contribution in [2.24, 2.45) is 7.05 Å². The Morgan fingerprint density at radius 2 is 2.12 bits per heavy atom. The smallest absolute Gasteiger partial charge is 0.256 e. The van der Waals surface area contributed by atoms with Crippen LogP contribution in [0.4, 0.5) is 0 Å². The third-order valence-electron chi connectivity index (χ3n) is 5.29. The molecule has 0 bridgehead atoms. The lowest BCUT2D eigenvalue weighted by atomic mass is 10.1. The Morgan fingerprint density at radius 3 is 2.79 bits per heavy atom. The molecule has 2 aliphatic rings. The number of nitrogens with zero attached hydrogens (tertiary/aromatic N) is 4. The van der Waals surface area contributed by atoms with Gasteiger partial charge in [0.2, 0.25) is 0 Å². The van der Waals surface area contributed by atoms with Gasteiger partial charge in [0.25, 0.3) is 5.91 Å². The minimum absolute atomic E-state index is 0.0183. The largest absolute Gasteiger partial charge is 0.345 e. The van der Waals surface area contributed by atoms with Crippen LogP contribution in [-0.4, -0.2) is 44.6 Å². The van der Waals surface area contributed by atoms with Gasteiger partial charge in [-0.1, -0.05) is 0 Å². The van der Waals surface area contributed by atoms with E-state index in [0.717, 1.165) is 30.2 Å². The second-order valence-corrected chi connectivity index (χ2v) is 7.00. The molecule has 1 saturated carbocycles. The molecule has 6 heteroatoms. The molecule has 4 rings (SSSR count). The van der Waals surface area contributed by atoms with Crippen LogP contribution in [-0.2, 0) is 7.05 Å². The van der Waals surface area contributed by atoms with E-state index < -0.39 is 0 Å². The molecule has 1 aliphatic heterocycles. The number of carbonyl (C=O) groups excluding carboxylic acids is 1. The van der Waals surface area contributed by atoms with Crippen LogP contribution in [0, 0.1) is 13.8 Å². The lowest BCUT2D eigenvalue weighted by Crippen LogP contribution is -2.49. The summed E-state index contributed by atoms with van der Waals surface area (Å²) in [6, 6.07) is 2.64. The number of hydrogen-bond acceptors (Lipinski definition) is 3. The van der Waals surface area contributed by atoms with Gasteiger partial charge in [-0.3, -0.25) is 4.79 Å². The molecule has 0 aromatic carbocycles. The lowest BCUT2D eigenvalue weighted by molar-refractivity contribution is 0.0620. The Hall–Kier alpha value is -2.08. The van der Waals surface area contributed by atoms with E-state index >= 15 is 0 Å². The van der Waals surface area contributed by atoms with Crippen molar-refractivity contribution in [3.05, 3.63) is 41.2 Å². The molecule has 2 aromatic rings. The quantitative estimate of drug-likeness (QED) is 0.937. The summed E-state index contributed by atoms with van der Waals surface area (Å²) in [5.41, 5.74) is 3.15. The van der Waals surface area contributed by atoms with Gasteiger partial charge in [0.1, 0.15) is 11.9 Å². The standard InChI is InChI=1S/C18H25N5O/c1-12-10-15(13(2)23(12)14-4-5-14)18(24)22-9-6-19-11-16(22)17-20-7-8-21(17)3/h7-8,10,14,16,19H,4-6,9,11H2,1-3H3. The summed E-state index contributed by atoms with van der Waals surface area (Å²) >= 11 is 0. The topological polar surface area (TPSA) is 55.1 Å². The van der Waals surface area contributed by atoms with Gasteiger partial charge >= 0.3 is 0 Å². The van der Waals surface area contributed by atoms with Gasteiger partial charge in [0.15, 0.2) is 0 Å². The minimum Gasteiger partial charge on any atom is -0.345 e. The molecule has 2 fully saturated rings. The van der Waals surface area contributed by atoms with Gasteiger partial charge in [-0.25, -0.2) is 4.98 Å². The maximum atomic E-state index is 13.3. The summed E-state index contributed by atoms with van der Waals surface area (Å²) in [6.07, 6.45) is 6.19. The first-order valence-corrected chi connectivity index (χ1v) is 8.75. The number of imidazole rings is 1. The van der Waals surface area contributed by atoms with Gasteiger partial charge in [-0.05, 0) is 32.8 Å². The second kappa shape index (κ2) is 5.77. The van der Waals surface area contributed by atoms with Crippen molar-refractivity contribution in [1.82, 2.24) is 24.3 Å². The van der Waals surface area contributed by atoms with Crippen LogP contribution >= 0.6 is 0 Å². The molecule has 3 heterocycles. The molecule has 1 atom stereocenters. The van der Waals surface area contributed by atoms with Crippen LogP contribution in [0.1, 0.15) is 52.5 Å². The van der Waals surface area contributed by atoms with Gasteiger partial charge in [-0.15, -0.1) is 0 Å². The SMILES string of the molecule is Cc1cc(C(=O)N2CCNCC2c2nccn2C)c(C)n1C1CC1. The monoisotopic (exact) mass is 327 g/mol. The van der Waals surface area contributed by atoms with Crippen molar-refractivity contribution in [2.75, 3.05) is 19.6 Å². The van der Waals surface area contributed by atoms with Crippen molar-refractivity contribution in [1.29, 1.82) is 0 Å². The zero-order valence-electron chi connectivity index (χ0n) is 14.6. The van der Waals surface area contributed by atoms with Gasteiger partial charge in [0, 0.05) is 56.5 Å². The fourth-order valence-electron chi connectivity index (χ4n) is 3.92. The number of carbonyl (C=O) groups is 1. The van der Waals surface area contributed by atoms with Crippen LogP contribution in [0.25, 0.3) is 0 Å². The highest BCUT2D eigenvalue weighted by Crippen LogP contribution is 2.38. The number of nitrogens with one attached hydrogen (secondary N) is 1. The van der Waals surface area contributed by atoms with Crippen molar-refractivity contribution in [2.45, 2.75) is 38.8 Å². The highest BCUT2D eigenvalue weighted by atomic mass is 16.2. The Kier molecular flexibility index (Phi) is 3.72. The molecule has 1 aliphatic carbocycles. The second-order valence-electron chi connectivity index (χ2n) is 7.00. The number of amides is 1. The summed E-state index contributed by atoms with van der Waals surface area (Å²) in [5, 5.41) is 3.39. The first-order valence-electron chi connectivity index (χ1n) is 8.75. The van der Waals surface area contributed by atoms with Crippen LogP contribution < -0.4 is 5.32 Å². The molecule has 1 saturated heterocycles. The third-order valence-corrected chi connectivity index (χ3v) is 5.29. The maximum Gasteiger partial charge on any atom is 0.256 e. The Morgan fingerprint density at radius 1 is 1.33 bits per heavy atom. The number of hydrogen-bond donors (Lipinski definition) is 1. The van der Waals surface area contributed by atoms with Crippen LogP contribution in [0.15, 0.2) is 18.5 Å². The molecular formula is C18H25N5O. The van der Waals surface area contributed by atoms with Crippen LogP contribution in [0.3, 0.4) is 0 Å². The number of aryl methyl sites for hydroxylation is 2. The zero-order chi connectivity index (χ0) is 16.8. The van der Waals surface area contributed by atoms with Crippen molar-refractivity contribution in [3.63, 3.8) is 0 Å². The fraction of sp³-hybridized carbons (Fsp3) is 0.556. The van der Waals surface area contributed by atoms with Crippen molar-refractivity contribution in [3.8, 4) is 0 Å². The summed E-state index contributed by atoms with van der Waals surface area (Å²) in [6.45, 7) is 6.47. The van der Waals surface area contributed by atoms with Gasteiger partial charge < -0.3 is 19.4 Å². The predicted octanol–water partition coefficient (Wildman–Crippen LogP) is 1.96. The minimum atomic E-state index is -0.0183. The van der Waals surface area contributed by atoms with Gasteiger partial charge in [-0.2, -0.15) is 0 Å². The van der Waals surface area contributed by atoms with E-state index in [4.69, 9.17) is 0 Å². The van der Waals surface area contributed by atoms with E-state index in [2.05, 4.69) is 34.8 Å². The Balaban J connectivity index is 1.67. The normalized spacial score (nSPS) is 21.3. The third kappa shape index (κ3) is 2.45. The van der Waals surface area contributed by atoms with Crippen LogP contribution in [0.2, 0.25) is 0 Å². The molecule has 0 spiro atoms. The molecule has 24 heavy (non-hydrogen) atoms. The Labute approximate surface area is 142 Å². The first-order chi connectivity index (χ1) is 11.6. The van der Waals surface area contributed by atoms with Crippen molar-refractivity contribution < 1.29 is 4.79 Å². The van der Waals surface area contributed by atoms with Crippen molar-refractivity contribution >= 4 is 5.91 Å². The lowest BCUT2D eigenvalue weighted by Gasteiger charge is -2.35. The first kappa shape index (κ1) is 15.4. The maximum absolute atomic E-state index is 13.3. The molecule has 1 N–H and O–H groups in total. The molecule has 1 unspecified atom stereocenters. The van der Waals surface area contributed by atoms with E-state index in [0.29, 0.717) is 12.6 Å². The average Bonchev–Trinajstić information content (AvgIpc) is 3.24.